The van der Waals surface area contributed by atoms with Crippen molar-refractivity contribution in [3.05, 3.63) is 23.3 Å². The molecular formula is C13H10F5NO4. The molecule has 1 aromatic carbocycles. The van der Waals surface area contributed by atoms with Gasteiger partial charge in [-0.15, -0.1) is 13.2 Å². The molecule has 5 nitrogen and oxygen atoms in total. The molecule has 0 saturated carbocycles. The molecule has 126 valence electrons. The number of rotatable bonds is 6. The zero-order chi connectivity index (χ0) is 17.6. The molecule has 1 rings (SSSR count). The first-order chi connectivity index (χ1) is 10.7. The molecule has 0 atom stereocenters. The average molecular weight is 339 g/mol. The lowest BCUT2D eigenvalue weighted by molar-refractivity contribution is -0.275. The number of halogens is 5. The minimum Gasteiger partial charge on any atom is -0.466 e. The molecule has 0 radical (unpaired) electrons. The van der Waals surface area contributed by atoms with E-state index in [2.05, 4.69) is 14.2 Å². The molecule has 10 heteroatoms. The summed E-state index contributed by atoms with van der Waals surface area (Å²) < 4.78 is 73.9. The van der Waals surface area contributed by atoms with Crippen molar-refractivity contribution >= 4 is 5.97 Å². The zero-order valence-corrected chi connectivity index (χ0v) is 11.6. The van der Waals surface area contributed by atoms with Crippen LogP contribution in [0, 0.1) is 11.3 Å². The van der Waals surface area contributed by atoms with E-state index >= 15 is 0 Å². The standard InChI is InChI=1S/C13H10F5NO4/c1-2-21-11(20)5-9-7(6-19)3-8(22-12(14)15)4-10(9)23-13(16,17)18/h3-4,12H,2,5H2,1H3. The third-order valence-corrected chi connectivity index (χ3v) is 2.38. The lowest BCUT2D eigenvalue weighted by Crippen LogP contribution is -2.20. The Morgan fingerprint density at radius 2 is 2.00 bits per heavy atom. The number of nitrogens with zero attached hydrogens (tertiary/aromatic N) is 1. The summed E-state index contributed by atoms with van der Waals surface area (Å²) in [7, 11) is 0. The third-order valence-electron chi connectivity index (χ3n) is 2.38. The van der Waals surface area contributed by atoms with Gasteiger partial charge < -0.3 is 14.2 Å². The highest BCUT2D eigenvalue weighted by Gasteiger charge is 2.33. The maximum absolute atomic E-state index is 12.4. The lowest BCUT2D eigenvalue weighted by atomic mass is 10.0. The number of benzene rings is 1. The molecule has 0 fully saturated rings. The van der Waals surface area contributed by atoms with E-state index in [0.29, 0.717) is 6.07 Å². The monoisotopic (exact) mass is 339 g/mol. The number of hydrogen-bond acceptors (Lipinski definition) is 5. The van der Waals surface area contributed by atoms with Gasteiger partial charge in [-0.2, -0.15) is 14.0 Å². The van der Waals surface area contributed by atoms with Gasteiger partial charge in [-0.3, -0.25) is 4.79 Å². The number of esters is 1. The summed E-state index contributed by atoms with van der Waals surface area (Å²) in [5, 5.41) is 8.96. The molecule has 0 bridgehead atoms. The first-order valence-corrected chi connectivity index (χ1v) is 6.09. The summed E-state index contributed by atoms with van der Waals surface area (Å²) in [4.78, 5) is 11.4. The smallest absolute Gasteiger partial charge is 0.466 e. The molecule has 0 unspecified atom stereocenters. The molecule has 0 amide bonds. The van der Waals surface area contributed by atoms with E-state index in [4.69, 9.17) is 5.26 Å². The molecular weight excluding hydrogens is 329 g/mol. The molecule has 0 heterocycles. The summed E-state index contributed by atoms with van der Waals surface area (Å²) >= 11 is 0. The van der Waals surface area contributed by atoms with Gasteiger partial charge in [0.1, 0.15) is 11.5 Å². The van der Waals surface area contributed by atoms with Gasteiger partial charge in [0.05, 0.1) is 24.7 Å². The maximum Gasteiger partial charge on any atom is 0.573 e. The van der Waals surface area contributed by atoms with E-state index in [1.807, 2.05) is 0 Å². The molecule has 0 aliphatic carbocycles. The fraction of sp³-hybridized carbons (Fsp3) is 0.385. The normalized spacial score (nSPS) is 11.0. The largest absolute Gasteiger partial charge is 0.573 e. The van der Waals surface area contributed by atoms with Gasteiger partial charge >= 0.3 is 18.9 Å². The molecule has 0 spiro atoms. The van der Waals surface area contributed by atoms with Crippen LogP contribution in [0.2, 0.25) is 0 Å². The minimum absolute atomic E-state index is 0.0250. The Bertz CT molecular complexity index is 610. The van der Waals surface area contributed by atoms with Gasteiger partial charge in [-0.1, -0.05) is 0 Å². The molecule has 1 aromatic rings. The van der Waals surface area contributed by atoms with E-state index in [1.54, 1.807) is 0 Å². The van der Waals surface area contributed by atoms with E-state index in [1.165, 1.54) is 13.0 Å². The lowest BCUT2D eigenvalue weighted by Gasteiger charge is -2.16. The highest BCUT2D eigenvalue weighted by Crippen LogP contribution is 2.34. The Balaban J connectivity index is 3.32. The summed E-state index contributed by atoms with van der Waals surface area (Å²) in [6.07, 6.45) is -5.85. The van der Waals surface area contributed by atoms with Crippen LogP contribution in [0.1, 0.15) is 18.1 Å². The van der Waals surface area contributed by atoms with Gasteiger partial charge in [0, 0.05) is 11.6 Å². The maximum atomic E-state index is 12.4. The van der Waals surface area contributed by atoms with Crippen molar-refractivity contribution in [2.45, 2.75) is 26.3 Å². The van der Waals surface area contributed by atoms with Gasteiger partial charge in [-0.25, -0.2) is 0 Å². The average Bonchev–Trinajstić information content (AvgIpc) is 2.39. The number of carbonyl (C=O) groups is 1. The van der Waals surface area contributed by atoms with Crippen LogP contribution in [-0.2, 0) is 16.0 Å². The summed E-state index contributed by atoms with van der Waals surface area (Å²) in [5.41, 5.74) is -0.916. The first kappa shape index (κ1) is 18.5. The van der Waals surface area contributed by atoms with Crippen LogP contribution in [0.3, 0.4) is 0 Å². The van der Waals surface area contributed by atoms with Crippen molar-refractivity contribution in [3.63, 3.8) is 0 Å². The van der Waals surface area contributed by atoms with E-state index in [9.17, 15) is 26.7 Å². The van der Waals surface area contributed by atoms with Crippen LogP contribution in [0.5, 0.6) is 11.5 Å². The van der Waals surface area contributed by atoms with E-state index in [0.717, 1.165) is 6.07 Å². The van der Waals surface area contributed by atoms with Gasteiger partial charge in [0.15, 0.2) is 0 Å². The van der Waals surface area contributed by atoms with Crippen molar-refractivity contribution in [3.8, 4) is 17.6 Å². The van der Waals surface area contributed by atoms with Gasteiger partial charge in [0.25, 0.3) is 0 Å². The van der Waals surface area contributed by atoms with Crippen molar-refractivity contribution < 1.29 is 41.0 Å². The molecule has 23 heavy (non-hydrogen) atoms. The summed E-state index contributed by atoms with van der Waals surface area (Å²) in [5.74, 6) is -2.60. The summed E-state index contributed by atoms with van der Waals surface area (Å²) in [6, 6.07) is 2.81. The number of ether oxygens (including phenoxy) is 3. The predicted octanol–water partition coefficient (Wildman–Crippen LogP) is 3.16. The Kier molecular flexibility index (Phi) is 6.12. The first-order valence-electron chi connectivity index (χ1n) is 6.09. The second kappa shape index (κ2) is 7.62. The van der Waals surface area contributed by atoms with E-state index in [-0.39, 0.29) is 6.61 Å². The molecule has 0 N–H and O–H groups in total. The fourth-order valence-electron chi connectivity index (χ4n) is 1.65. The topological polar surface area (TPSA) is 68.6 Å². The second-order valence-corrected chi connectivity index (χ2v) is 3.97. The Morgan fingerprint density at radius 3 is 2.48 bits per heavy atom. The third kappa shape index (κ3) is 5.98. The SMILES string of the molecule is CCOC(=O)Cc1c(C#N)cc(OC(F)F)cc1OC(F)(F)F. The quantitative estimate of drug-likeness (QED) is 0.588. The highest BCUT2D eigenvalue weighted by molar-refractivity contribution is 5.75. The van der Waals surface area contributed by atoms with Crippen LogP contribution >= 0.6 is 0 Å². The van der Waals surface area contributed by atoms with Crippen molar-refractivity contribution in [2.75, 3.05) is 6.61 Å². The Morgan fingerprint density at radius 1 is 1.35 bits per heavy atom. The van der Waals surface area contributed by atoms with Crippen molar-refractivity contribution in [1.82, 2.24) is 0 Å². The number of hydrogen-bond donors (Lipinski definition) is 0. The van der Waals surface area contributed by atoms with Crippen molar-refractivity contribution in [1.29, 1.82) is 5.26 Å². The molecule has 0 aliphatic rings. The van der Waals surface area contributed by atoms with Crippen LogP contribution < -0.4 is 9.47 Å². The van der Waals surface area contributed by atoms with Crippen LogP contribution in [0.25, 0.3) is 0 Å². The van der Waals surface area contributed by atoms with Gasteiger partial charge in [-0.05, 0) is 13.0 Å². The van der Waals surface area contributed by atoms with E-state index < -0.39 is 48.0 Å². The van der Waals surface area contributed by atoms with Crippen LogP contribution in [0.15, 0.2) is 12.1 Å². The molecule has 0 aliphatic heterocycles. The summed E-state index contributed by atoms with van der Waals surface area (Å²) in [6.45, 7) is -1.85. The zero-order valence-electron chi connectivity index (χ0n) is 11.6. The predicted molar refractivity (Wildman–Crippen MR) is 64.8 cm³/mol. The van der Waals surface area contributed by atoms with Crippen LogP contribution in [-0.4, -0.2) is 25.6 Å². The highest BCUT2D eigenvalue weighted by atomic mass is 19.4. The Hall–Kier alpha value is -2.57. The fourth-order valence-corrected chi connectivity index (χ4v) is 1.65. The number of alkyl halides is 5. The number of carbonyl (C=O) groups excluding carboxylic acids is 1. The second-order valence-electron chi connectivity index (χ2n) is 3.97. The Labute approximate surface area is 127 Å². The van der Waals surface area contributed by atoms with Crippen LogP contribution in [0.4, 0.5) is 22.0 Å². The van der Waals surface area contributed by atoms with Crippen molar-refractivity contribution in [2.24, 2.45) is 0 Å². The number of nitriles is 1. The molecule has 0 saturated heterocycles. The minimum atomic E-state index is -5.15. The van der Waals surface area contributed by atoms with Gasteiger partial charge in [0.2, 0.25) is 0 Å². The molecule has 0 aromatic heterocycles.